The predicted molar refractivity (Wildman–Crippen MR) is 119 cm³/mol. The first-order valence-electron chi connectivity index (χ1n) is 10.9. The number of carbonyl (C=O) groups excluding carboxylic acids is 2. The number of hydrogen-bond acceptors (Lipinski definition) is 4. The summed E-state index contributed by atoms with van der Waals surface area (Å²) in [6.45, 7) is 4.10. The van der Waals surface area contributed by atoms with Crippen molar-refractivity contribution < 1.29 is 9.59 Å². The molecule has 2 aromatic carbocycles. The maximum atomic E-state index is 13.1. The Labute approximate surface area is 182 Å². The van der Waals surface area contributed by atoms with Crippen molar-refractivity contribution in [2.24, 2.45) is 10.7 Å². The molecule has 1 aliphatic heterocycles. The van der Waals surface area contributed by atoms with Crippen molar-refractivity contribution in [2.75, 3.05) is 0 Å². The van der Waals surface area contributed by atoms with Gasteiger partial charge in [-0.2, -0.15) is 0 Å². The summed E-state index contributed by atoms with van der Waals surface area (Å²) in [5.41, 5.74) is 9.93. The SMILES string of the molecule is CC1(C)CC(=O)N(Cc2cccc(C(=O)N[C@H]3CC4(CC4)c4ccccc43)c2)C(N)=N1. The summed E-state index contributed by atoms with van der Waals surface area (Å²) in [5, 5.41) is 3.24. The predicted octanol–water partition coefficient (Wildman–Crippen LogP) is 3.42. The number of nitrogens with one attached hydrogen (secondary N) is 1. The fourth-order valence-electron chi connectivity index (χ4n) is 5.06. The van der Waals surface area contributed by atoms with E-state index in [4.69, 9.17) is 5.73 Å². The minimum absolute atomic E-state index is 0.0449. The van der Waals surface area contributed by atoms with E-state index in [-0.39, 0.29) is 29.2 Å². The smallest absolute Gasteiger partial charge is 0.251 e. The number of carbonyl (C=O) groups is 2. The lowest BCUT2D eigenvalue weighted by molar-refractivity contribution is -0.129. The second-order valence-corrected chi connectivity index (χ2v) is 9.74. The maximum absolute atomic E-state index is 13.1. The van der Waals surface area contributed by atoms with Gasteiger partial charge < -0.3 is 11.1 Å². The molecule has 6 heteroatoms. The van der Waals surface area contributed by atoms with Gasteiger partial charge in [0.1, 0.15) is 0 Å². The summed E-state index contributed by atoms with van der Waals surface area (Å²) in [6.07, 6.45) is 3.70. The zero-order valence-corrected chi connectivity index (χ0v) is 18.0. The topological polar surface area (TPSA) is 87.8 Å². The molecule has 3 aliphatic rings. The van der Waals surface area contributed by atoms with Crippen molar-refractivity contribution in [2.45, 2.75) is 63.1 Å². The Morgan fingerprint density at radius 2 is 1.97 bits per heavy atom. The Morgan fingerprint density at radius 3 is 2.71 bits per heavy atom. The van der Waals surface area contributed by atoms with Gasteiger partial charge >= 0.3 is 0 Å². The minimum Gasteiger partial charge on any atom is -0.369 e. The molecule has 0 aromatic heterocycles. The van der Waals surface area contributed by atoms with Crippen molar-refractivity contribution >= 4 is 17.8 Å². The van der Waals surface area contributed by atoms with Gasteiger partial charge in [-0.25, -0.2) is 4.99 Å². The first-order chi connectivity index (χ1) is 14.8. The van der Waals surface area contributed by atoms with Crippen LogP contribution in [0.2, 0.25) is 0 Å². The fourth-order valence-corrected chi connectivity index (χ4v) is 5.06. The first kappa shape index (κ1) is 19.8. The van der Waals surface area contributed by atoms with Crippen LogP contribution in [-0.4, -0.2) is 28.2 Å². The third-order valence-corrected chi connectivity index (χ3v) is 6.77. The molecule has 1 heterocycles. The second kappa shape index (κ2) is 6.94. The maximum Gasteiger partial charge on any atom is 0.251 e. The van der Waals surface area contributed by atoms with Crippen LogP contribution in [0, 0.1) is 0 Å². The Balaban J connectivity index is 1.32. The number of nitrogens with zero attached hydrogens (tertiary/aromatic N) is 2. The van der Waals surface area contributed by atoms with E-state index in [2.05, 4.69) is 28.5 Å². The monoisotopic (exact) mass is 416 g/mol. The number of nitrogens with two attached hydrogens (primary N) is 1. The van der Waals surface area contributed by atoms with Crippen molar-refractivity contribution in [3.63, 3.8) is 0 Å². The Kier molecular flexibility index (Phi) is 4.43. The van der Waals surface area contributed by atoms with Gasteiger partial charge in [0, 0.05) is 5.56 Å². The molecule has 2 aliphatic carbocycles. The van der Waals surface area contributed by atoms with Crippen LogP contribution in [0.3, 0.4) is 0 Å². The number of hydrogen-bond donors (Lipinski definition) is 2. The van der Waals surface area contributed by atoms with Crippen molar-refractivity contribution in [1.82, 2.24) is 10.2 Å². The fraction of sp³-hybridized carbons (Fsp3) is 0.400. The summed E-state index contributed by atoms with van der Waals surface area (Å²) in [6, 6.07) is 15.9. The second-order valence-electron chi connectivity index (χ2n) is 9.74. The molecule has 0 unspecified atom stereocenters. The number of aliphatic imine (C=N–C) groups is 1. The first-order valence-corrected chi connectivity index (χ1v) is 10.9. The molecule has 2 amide bonds. The molecule has 1 saturated carbocycles. The van der Waals surface area contributed by atoms with Gasteiger partial charge in [0.05, 0.1) is 24.5 Å². The highest BCUT2D eigenvalue weighted by Crippen LogP contribution is 2.59. The van der Waals surface area contributed by atoms with Gasteiger partial charge in [0.15, 0.2) is 5.96 Å². The number of amides is 2. The highest BCUT2D eigenvalue weighted by atomic mass is 16.2. The molecule has 1 atom stereocenters. The van der Waals surface area contributed by atoms with Crippen LogP contribution >= 0.6 is 0 Å². The van der Waals surface area contributed by atoms with Crippen molar-refractivity contribution in [3.8, 4) is 0 Å². The van der Waals surface area contributed by atoms with E-state index < -0.39 is 5.54 Å². The molecule has 0 radical (unpaired) electrons. The van der Waals surface area contributed by atoms with Crippen LogP contribution in [0.5, 0.6) is 0 Å². The molecular formula is C25H28N4O2. The van der Waals surface area contributed by atoms with Gasteiger partial charge in [0.25, 0.3) is 5.91 Å². The number of rotatable bonds is 4. The molecule has 0 bridgehead atoms. The highest BCUT2D eigenvalue weighted by Gasteiger charge is 2.52. The van der Waals surface area contributed by atoms with E-state index in [9.17, 15) is 9.59 Å². The molecule has 3 N–H and O–H groups in total. The normalized spacial score (nSPS) is 22.8. The van der Waals surface area contributed by atoms with E-state index in [1.807, 2.05) is 44.2 Å². The van der Waals surface area contributed by atoms with Crippen molar-refractivity contribution in [1.29, 1.82) is 0 Å². The number of guanidine groups is 1. The lowest BCUT2D eigenvalue weighted by Gasteiger charge is -2.32. The third kappa shape index (κ3) is 3.60. The van der Waals surface area contributed by atoms with Crippen LogP contribution in [0.4, 0.5) is 0 Å². The molecule has 31 heavy (non-hydrogen) atoms. The molecule has 0 saturated heterocycles. The lowest BCUT2D eigenvalue weighted by Crippen LogP contribution is -2.49. The Bertz CT molecular complexity index is 1100. The van der Waals surface area contributed by atoms with E-state index in [1.54, 1.807) is 0 Å². The summed E-state index contributed by atoms with van der Waals surface area (Å²) in [4.78, 5) is 31.5. The lowest BCUT2D eigenvalue weighted by atomic mass is 9.99. The number of benzene rings is 2. The molecule has 1 spiro atoms. The minimum atomic E-state index is -0.476. The molecule has 160 valence electrons. The van der Waals surface area contributed by atoms with Gasteiger partial charge in [-0.1, -0.05) is 36.4 Å². The van der Waals surface area contributed by atoms with Gasteiger partial charge in [0.2, 0.25) is 5.91 Å². The Morgan fingerprint density at radius 1 is 1.19 bits per heavy atom. The van der Waals surface area contributed by atoms with Gasteiger partial charge in [-0.15, -0.1) is 0 Å². The van der Waals surface area contributed by atoms with Crippen molar-refractivity contribution in [3.05, 3.63) is 70.8 Å². The van der Waals surface area contributed by atoms with E-state index in [0.717, 1.165) is 12.0 Å². The molecule has 5 rings (SSSR count). The quantitative estimate of drug-likeness (QED) is 0.801. The van der Waals surface area contributed by atoms with Crippen LogP contribution in [0.1, 0.15) is 72.6 Å². The molecule has 2 aromatic rings. The zero-order valence-electron chi connectivity index (χ0n) is 18.0. The average Bonchev–Trinajstić information content (AvgIpc) is 3.43. The standard InChI is InChI=1S/C25H28N4O2/c1-24(2)14-21(30)29(23(26)28-24)15-16-6-5-7-17(12-16)22(31)27-20-13-25(10-11-25)19-9-4-3-8-18(19)20/h3-9,12,20H,10-11,13-15H2,1-2H3,(H2,26,28)(H,27,31)/t20-/m0/s1. The van der Waals surface area contributed by atoms with Crippen LogP contribution in [0.25, 0.3) is 0 Å². The Hall–Kier alpha value is -3.15. The van der Waals surface area contributed by atoms with E-state index >= 15 is 0 Å². The number of fused-ring (bicyclic) bond motifs is 2. The largest absolute Gasteiger partial charge is 0.369 e. The highest BCUT2D eigenvalue weighted by molar-refractivity contribution is 5.99. The summed E-state index contributed by atoms with van der Waals surface area (Å²) in [5.74, 6) is 0.0881. The average molecular weight is 417 g/mol. The third-order valence-electron chi connectivity index (χ3n) is 6.77. The van der Waals surface area contributed by atoms with Gasteiger partial charge in [-0.05, 0) is 67.3 Å². The molecular weight excluding hydrogens is 388 g/mol. The van der Waals surface area contributed by atoms with Gasteiger partial charge in [-0.3, -0.25) is 14.5 Å². The van der Waals surface area contributed by atoms with E-state index in [0.29, 0.717) is 18.5 Å². The van der Waals surface area contributed by atoms with Crippen LogP contribution < -0.4 is 11.1 Å². The summed E-state index contributed by atoms with van der Waals surface area (Å²) >= 11 is 0. The van der Waals surface area contributed by atoms with Crippen LogP contribution in [0.15, 0.2) is 53.5 Å². The van der Waals surface area contributed by atoms with Crippen LogP contribution in [-0.2, 0) is 16.8 Å². The summed E-state index contributed by atoms with van der Waals surface area (Å²) in [7, 11) is 0. The molecule has 6 nitrogen and oxygen atoms in total. The zero-order chi connectivity index (χ0) is 21.8. The molecule has 1 fully saturated rings. The summed E-state index contributed by atoms with van der Waals surface area (Å²) < 4.78 is 0. The van der Waals surface area contributed by atoms with E-state index in [1.165, 1.54) is 28.9 Å².